The number of aliphatic imine (C=N–C) groups is 1. The summed E-state index contributed by atoms with van der Waals surface area (Å²) in [6.07, 6.45) is -1.11. The number of nitrogens with one attached hydrogen (secondary N) is 2. The third kappa shape index (κ3) is 4.85. The highest BCUT2D eigenvalue weighted by Gasteiger charge is 2.32. The minimum Gasteiger partial charge on any atom is -0.308 e. The van der Waals surface area contributed by atoms with Crippen LogP contribution in [0.15, 0.2) is 65.0 Å². The van der Waals surface area contributed by atoms with Gasteiger partial charge in [0.1, 0.15) is 0 Å². The van der Waals surface area contributed by atoms with E-state index in [0.717, 1.165) is 16.7 Å². The van der Waals surface area contributed by atoms with Crippen molar-refractivity contribution in [1.29, 1.82) is 0 Å². The van der Waals surface area contributed by atoms with Crippen molar-refractivity contribution in [2.75, 3.05) is 10.2 Å². The molecule has 7 nitrogen and oxygen atoms in total. The molecular formula is C25H24N4O3S. The van der Waals surface area contributed by atoms with Gasteiger partial charge in [-0.2, -0.15) is 0 Å². The number of hydrogen-bond acceptors (Lipinski definition) is 5. The van der Waals surface area contributed by atoms with Gasteiger partial charge in [-0.25, -0.2) is 4.79 Å². The first kappa shape index (κ1) is 22.4. The predicted octanol–water partition coefficient (Wildman–Crippen LogP) is 4.76. The number of nitrogens with zero attached hydrogens (tertiary/aromatic N) is 2. The van der Waals surface area contributed by atoms with Crippen LogP contribution < -0.4 is 15.5 Å². The van der Waals surface area contributed by atoms with E-state index in [1.165, 1.54) is 18.3 Å². The molecule has 0 saturated heterocycles. The molecule has 8 heteroatoms. The Morgan fingerprint density at radius 3 is 2.64 bits per heavy atom. The Morgan fingerprint density at radius 1 is 1.09 bits per heavy atom. The van der Waals surface area contributed by atoms with Crippen molar-refractivity contribution >= 4 is 46.1 Å². The van der Waals surface area contributed by atoms with Crippen molar-refractivity contribution < 1.29 is 14.4 Å². The lowest BCUT2D eigenvalue weighted by atomic mass is 10.1. The van der Waals surface area contributed by atoms with E-state index in [2.05, 4.69) is 15.6 Å². The quantitative estimate of drug-likeness (QED) is 0.538. The standard InChI is InChI=1S/C25H24N4O3S/c1-15-7-6-8-19(13-15)27-25(32)28-23-24(31)29(14-18-11-12-33-22(18)17(3)30)21-10-5-4-9-20(21)16(2)26-23/h4-13,23H,14H2,1-3H3,(H2,27,28,32). The molecule has 1 aliphatic rings. The van der Waals surface area contributed by atoms with Crippen LogP contribution in [0.2, 0.25) is 0 Å². The Bertz CT molecular complexity index is 1260. The van der Waals surface area contributed by atoms with E-state index in [1.54, 1.807) is 11.0 Å². The van der Waals surface area contributed by atoms with Gasteiger partial charge in [0.2, 0.25) is 6.17 Å². The Balaban J connectivity index is 1.64. The maximum absolute atomic E-state index is 13.6. The molecule has 1 unspecified atom stereocenters. The zero-order chi connectivity index (χ0) is 23.5. The maximum Gasteiger partial charge on any atom is 0.321 e. The summed E-state index contributed by atoms with van der Waals surface area (Å²) in [5.74, 6) is -0.422. The predicted molar refractivity (Wildman–Crippen MR) is 131 cm³/mol. The lowest BCUT2D eigenvalue weighted by Gasteiger charge is -2.25. The molecule has 1 atom stereocenters. The third-order valence-electron chi connectivity index (χ3n) is 5.35. The number of benzodiazepines with no additional fused rings is 1. The van der Waals surface area contributed by atoms with Crippen molar-refractivity contribution in [3.05, 3.63) is 81.5 Å². The van der Waals surface area contributed by atoms with Gasteiger partial charge in [0.05, 0.1) is 17.1 Å². The summed E-state index contributed by atoms with van der Waals surface area (Å²) in [7, 11) is 0. The highest BCUT2D eigenvalue weighted by atomic mass is 32.1. The normalized spacial score (nSPS) is 15.4. The number of ketones is 1. The number of aryl methyl sites for hydroxylation is 1. The monoisotopic (exact) mass is 460 g/mol. The summed E-state index contributed by atoms with van der Waals surface area (Å²) in [5, 5.41) is 7.29. The molecule has 2 heterocycles. The SMILES string of the molecule is CC(=O)c1sccc1CN1C(=O)C(NC(=O)Nc2cccc(C)c2)N=C(C)c2ccccc21. The van der Waals surface area contributed by atoms with Crippen LogP contribution in [0, 0.1) is 6.92 Å². The first-order valence-electron chi connectivity index (χ1n) is 10.5. The number of Topliss-reactive ketones (excluding diaryl/α,β-unsaturated/α-hetero) is 1. The van der Waals surface area contributed by atoms with E-state index in [9.17, 15) is 14.4 Å². The van der Waals surface area contributed by atoms with Crippen molar-refractivity contribution in [1.82, 2.24) is 5.32 Å². The van der Waals surface area contributed by atoms with Crippen molar-refractivity contribution in [3.8, 4) is 0 Å². The van der Waals surface area contributed by atoms with Crippen molar-refractivity contribution in [3.63, 3.8) is 0 Å². The number of anilines is 2. The average molecular weight is 461 g/mol. The van der Waals surface area contributed by atoms with Gasteiger partial charge >= 0.3 is 6.03 Å². The van der Waals surface area contributed by atoms with Gasteiger partial charge in [0, 0.05) is 17.0 Å². The van der Waals surface area contributed by atoms with Crippen molar-refractivity contribution in [2.45, 2.75) is 33.5 Å². The van der Waals surface area contributed by atoms with Gasteiger partial charge in [0.15, 0.2) is 5.78 Å². The molecule has 0 saturated carbocycles. The van der Waals surface area contributed by atoms with Crippen LogP contribution in [0.5, 0.6) is 0 Å². The summed E-state index contributed by atoms with van der Waals surface area (Å²) >= 11 is 1.35. The molecule has 0 spiro atoms. The van der Waals surface area contributed by atoms with Crippen LogP contribution in [0.3, 0.4) is 0 Å². The summed E-state index contributed by atoms with van der Waals surface area (Å²) in [6, 6.07) is 16.2. The minimum atomic E-state index is -1.11. The molecule has 2 aromatic carbocycles. The Labute approximate surface area is 196 Å². The average Bonchev–Trinajstić information content (AvgIpc) is 3.22. The number of hydrogen-bond donors (Lipinski definition) is 2. The van der Waals surface area contributed by atoms with E-state index in [0.29, 0.717) is 22.0 Å². The number of amides is 3. The molecular weight excluding hydrogens is 436 g/mol. The smallest absolute Gasteiger partial charge is 0.308 e. The highest BCUT2D eigenvalue weighted by Crippen LogP contribution is 2.29. The Hall–Kier alpha value is -3.78. The second kappa shape index (κ2) is 9.38. The van der Waals surface area contributed by atoms with Crippen LogP contribution >= 0.6 is 11.3 Å². The first-order valence-corrected chi connectivity index (χ1v) is 11.4. The molecule has 0 fully saturated rings. The fraction of sp³-hybridized carbons (Fsp3) is 0.200. The zero-order valence-corrected chi connectivity index (χ0v) is 19.4. The van der Waals surface area contributed by atoms with Gasteiger partial charge in [-0.1, -0.05) is 30.3 Å². The molecule has 1 aromatic heterocycles. The van der Waals surface area contributed by atoms with Crippen molar-refractivity contribution in [2.24, 2.45) is 4.99 Å². The summed E-state index contributed by atoms with van der Waals surface area (Å²) < 4.78 is 0. The zero-order valence-electron chi connectivity index (χ0n) is 18.6. The van der Waals surface area contributed by atoms with Crippen LogP contribution in [0.25, 0.3) is 0 Å². The van der Waals surface area contributed by atoms with Gasteiger partial charge in [0.25, 0.3) is 5.91 Å². The van der Waals surface area contributed by atoms with E-state index >= 15 is 0 Å². The summed E-state index contributed by atoms with van der Waals surface area (Å²) in [5.41, 5.74) is 4.52. The molecule has 1 aliphatic heterocycles. The number of fused-ring (bicyclic) bond motifs is 1. The lowest BCUT2D eigenvalue weighted by molar-refractivity contribution is -0.120. The number of carbonyl (C=O) groups is 3. The lowest BCUT2D eigenvalue weighted by Crippen LogP contribution is -2.48. The molecule has 3 aromatic rings. The molecule has 0 bridgehead atoms. The maximum atomic E-state index is 13.6. The molecule has 0 radical (unpaired) electrons. The van der Waals surface area contributed by atoms with E-state index < -0.39 is 12.2 Å². The number of urea groups is 1. The van der Waals surface area contributed by atoms with E-state index in [4.69, 9.17) is 0 Å². The molecule has 168 valence electrons. The van der Waals surface area contributed by atoms with Crippen LogP contribution in [-0.4, -0.2) is 29.6 Å². The highest BCUT2D eigenvalue weighted by molar-refractivity contribution is 7.12. The number of rotatable bonds is 5. The van der Waals surface area contributed by atoms with E-state index in [-0.39, 0.29) is 18.2 Å². The fourth-order valence-corrected chi connectivity index (χ4v) is 4.63. The number of benzene rings is 2. The van der Waals surface area contributed by atoms with Gasteiger partial charge in [-0.15, -0.1) is 11.3 Å². The molecule has 2 N–H and O–H groups in total. The first-order chi connectivity index (χ1) is 15.8. The van der Waals surface area contributed by atoms with Crippen LogP contribution in [0.4, 0.5) is 16.2 Å². The molecule has 4 rings (SSSR count). The van der Waals surface area contributed by atoms with Crippen LogP contribution in [0.1, 0.15) is 40.2 Å². The van der Waals surface area contributed by atoms with Crippen LogP contribution in [-0.2, 0) is 11.3 Å². The minimum absolute atomic E-state index is 0.0461. The third-order valence-corrected chi connectivity index (χ3v) is 6.40. The summed E-state index contributed by atoms with van der Waals surface area (Å²) in [4.78, 5) is 45.1. The van der Waals surface area contributed by atoms with Gasteiger partial charge < -0.3 is 15.5 Å². The van der Waals surface area contributed by atoms with Gasteiger partial charge in [-0.3, -0.25) is 14.6 Å². The number of para-hydroxylation sites is 1. The molecule has 3 amide bonds. The van der Waals surface area contributed by atoms with E-state index in [1.807, 2.05) is 67.8 Å². The summed E-state index contributed by atoms with van der Waals surface area (Å²) in [6.45, 7) is 5.46. The number of carbonyl (C=O) groups excluding carboxylic acids is 3. The van der Waals surface area contributed by atoms with Gasteiger partial charge in [-0.05, 0) is 61.5 Å². The number of thiophene rings is 1. The molecule has 33 heavy (non-hydrogen) atoms. The Kier molecular flexibility index (Phi) is 6.37. The largest absolute Gasteiger partial charge is 0.321 e. The molecule has 0 aliphatic carbocycles. The Morgan fingerprint density at radius 2 is 1.88 bits per heavy atom. The second-order valence-corrected chi connectivity index (χ2v) is 8.77. The fourth-order valence-electron chi connectivity index (χ4n) is 3.81. The second-order valence-electron chi connectivity index (χ2n) is 7.86. The topological polar surface area (TPSA) is 90.9 Å².